The number of oxime groups is 1. The summed E-state index contributed by atoms with van der Waals surface area (Å²) in [5, 5.41) is 11.5. The van der Waals surface area contributed by atoms with Crippen LogP contribution in [0.1, 0.15) is 25.8 Å². The Morgan fingerprint density at radius 3 is 2.62 bits per heavy atom. The molecule has 0 saturated heterocycles. The van der Waals surface area contributed by atoms with Crippen molar-refractivity contribution in [3.63, 3.8) is 0 Å². The van der Waals surface area contributed by atoms with Gasteiger partial charge in [-0.05, 0) is 30.5 Å². The van der Waals surface area contributed by atoms with Crippen molar-refractivity contribution < 1.29 is 13.6 Å². The maximum Gasteiger partial charge on any atom is 0.243 e. The summed E-state index contributed by atoms with van der Waals surface area (Å²) in [7, 11) is -3.58. The van der Waals surface area contributed by atoms with Crippen LogP contribution in [0.4, 0.5) is 0 Å². The molecule has 7 heteroatoms. The Morgan fingerprint density at radius 1 is 1.43 bits per heavy atom. The highest BCUT2D eigenvalue weighted by molar-refractivity contribution is 7.89. The first kappa shape index (κ1) is 17.5. The molecule has 0 fully saturated rings. The van der Waals surface area contributed by atoms with Crippen molar-refractivity contribution in [2.45, 2.75) is 32.1 Å². The molecule has 0 heterocycles. The van der Waals surface area contributed by atoms with Crippen molar-refractivity contribution in [2.24, 2.45) is 16.8 Å². The molecule has 0 aliphatic heterocycles. The Bertz CT molecular complexity index is 597. The van der Waals surface area contributed by atoms with Crippen LogP contribution in [-0.4, -0.2) is 36.9 Å². The van der Waals surface area contributed by atoms with Gasteiger partial charge in [0.15, 0.2) is 0 Å². The van der Waals surface area contributed by atoms with E-state index in [1.165, 1.54) is 4.31 Å². The highest BCUT2D eigenvalue weighted by atomic mass is 32.2. The monoisotopic (exact) mass is 313 g/mol. The minimum atomic E-state index is -3.58. The van der Waals surface area contributed by atoms with Gasteiger partial charge in [-0.3, -0.25) is 0 Å². The number of hydrogen-bond acceptors (Lipinski definition) is 4. The molecule has 0 spiro atoms. The molecule has 1 rings (SSSR count). The van der Waals surface area contributed by atoms with E-state index < -0.39 is 10.0 Å². The number of sulfonamides is 1. The van der Waals surface area contributed by atoms with E-state index in [-0.39, 0.29) is 29.6 Å². The van der Waals surface area contributed by atoms with Crippen LogP contribution < -0.4 is 5.73 Å². The van der Waals surface area contributed by atoms with Crippen molar-refractivity contribution in [2.75, 3.05) is 13.1 Å². The van der Waals surface area contributed by atoms with Crippen LogP contribution in [0, 0.1) is 12.8 Å². The van der Waals surface area contributed by atoms with Crippen molar-refractivity contribution in [1.82, 2.24) is 4.31 Å². The molecule has 0 radical (unpaired) electrons. The van der Waals surface area contributed by atoms with Gasteiger partial charge in [0.2, 0.25) is 10.0 Å². The maximum absolute atomic E-state index is 12.7. The van der Waals surface area contributed by atoms with E-state index in [1.54, 1.807) is 18.2 Å². The van der Waals surface area contributed by atoms with Gasteiger partial charge in [0.05, 0.1) is 4.90 Å². The molecule has 0 aromatic heterocycles. The molecule has 0 amide bonds. The van der Waals surface area contributed by atoms with Crippen LogP contribution in [0.2, 0.25) is 0 Å². The average Bonchev–Trinajstić information content (AvgIpc) is 2.42. The first-order valence-electron chi connectivity index (χ1n) is 6.80. The van der Waals surface area contributed by atoms with Gasteiger partial charge in [0, 0.05) is 19.5 Å². The zero-order valence-electron chi connectivity index (χ0n) is 12.7. The van der Waals surface area contributed by atoms with E-state index in [1.807, 2.05) is 26.8 Å². The van der Waals surface area contributed by atoms with Crippen LogP contribution in [0.25, 0.3) is 0 Å². The highest BCUT2D eigenvalue weighted by Crippen LogP contribution is 2.18. The maximum atomic E-state index is 12.7. The second-order valence-electron chi connectivity index (χ2n) is 5.41. The molecule has 0 aliphatic rings. The number of amidine groups is 1. The Labute approximate surface area is 126 Å². The fourth-order valence-corrected chi connectivity index (χ4v) is 3.64. The standard InChI is InChI=1S/C14H23N3O3S/c1-11(2)10-17(8-7-14(15)16-18)21(19,20)13-6-4-5-12(3)9-13/h4-6,9,11,18H,7-8,10H2,1-3H3,(H2,15,16). The van der Waals surface area contributed by atoms with Gasteiger partial charge in [-0.2, -0.15) is 4.31 Å². The van der Waals surface area contributed by atoms with Gasteiger partial charge in [-0.15, -0.1) is 0 Å². The predicted molar refractivity (Wildman–Crippen MR) is 82.8 cm³/mol. The largest absolute Gasteiger partial charge is 0.409 e. The van der Waals surface area contributed by atoms with E-state index in [4.69, 9.17) is 10.9 Å². The number of hydrogen-bond donors (Lipinski definition) is 2. The number of benzene rings is 1. The summed E-state index contributed by atoms with van der Waals surface area (Å²) >= 11 is 0. The summed E-state index contributed by atoms with van der Waals surface area (Å²) in [4.78, 5) is 0.266. The molecule has 0 saturated carbocycles. The molecule has 6 nitrogen and oxygen atoms in total. The Morgan fingerprint density at radius 2 is 2.10 bits per heavy atom. The molecule has 1 aromatic rings. The third-order valence-electron chi connectivity index (χ3n) is 2.94. The topological polar surface area (TPSA) is 96.0 Å². The molecule has 21 heavy (non-hydrogen) atoms. The second-order valence-corrected chi connectivity index (χ2v) is 7.35. The minimum Gasteiger partial charge on any atom is -0.409 e. The van der Waals surface area contributed by atoms with E-state index in [0.717, 1.165) is 5.56 Å². The van der Waals surface area contributed by atoms with Crippen molar-refractivity contribution in [1.29, 1.82) is 0 Å². The predicted octanol–water partition coefficient (Wildman–Crippen LogP) is 1.78. The van der Waals surface area contributed by atoms with Gasteiger partial charge in [-0.1, -0.05) is 31.1 Å². The Hall–Kier alpha value is -1.60. The fourth-order valence-electron chi connectivity index (χ4n) is 1.93. The molecule has 1 aromatic carbocycles. The Balaban J connectivity index is 3.05. The zero-order valence-corrected chi connectivity index (χ0v) is 13.5. The molecular formula is C14H23N3O3S. The van der Waals surface area contributed by atoms with E-state index in [9.17, 15) is 8.42 Å². The SMILES string of the molecule is Cc1cccc(S(=O)(=O)N(CCC(N)=NO)CC(C)C)c1. The lowest BCUT2D eigenvalue weighted by Crippen LogP contribution is -2.36. The number of rotatable bonds is 7. The number of nitrogens with zero attached hydrogens (tertiary/aromatic N) is 2. The third-order valence-corrected chi connectivity index (χ3v) is 4.80. The van der Waals surface area contributed by atoms with Crippen LogP contribution in [-0.2, 0) is 10.0 Å². The van der Waals surface area contributed by atoms with Gasteiger partial charge >= 0.3 is 0 Å². The molecule has 118 valence electrons. The Kier molecular flexibility index (Phi) is 6.17. The van der Waals surface area contributed by atoms with Crippen LogP contribution >= 0.6 is 0 Å². The summed E-state index contributed by atoms with van der Waals surface area (Å²) in [5.41, 5.74) is 6.32. The zero-order chi connectivity index (χ0) is 16.0. The first-order chi connectivity index (χ1) is 9.77. The smallest absolute Gasteiger partial charge is 0.243 e. The van der Waals surface area contributed by atoms with Gasteiger partial charge in [-0.25, -0.2) is 8.42 Å². The lowest BCUT2D eigenvalue weighted by Gasteiger charge is -2.24. The van der Waals surface area contributed by atoms with E-state index in [2.05, 4.69) is 5.16 Å². The summed E-state index contributed by atoms with van der Waals surface area (Å²) in [6, 6.07) is 6.80. The summed E-state index contributed by atoms with van der Waals surface area (Å²) in [5.74, 6) is 0.195. The molecule has 0 atom stereocenters. The van der Waals surface area contributed by atoms with Crippen LogP contribution in [0.15, 0.2) is 34.3 Å². The number of nitrogens with two attached hydrogens (primary N) is 1. The molecule has 0 unspecified atom stereocenters. The average molecular weight is 313 g/mol. The van der Waals surface area contributed by atoms with Crippen LogP contribution in [0.3, 0.4) is 0 Å². The third kappa shape index (κ3) is 5.02. The second kappa shape index (κ2) is 7.42. The van der Waals surface area contributed by atoms with Crippen LogP contribution in [0.5, 0.6) is 0 Å². The summed E-state index contributed by atoms with van der Waals surface area (Å²) < 4.78 is 26.8. The van der Waals surface area contributed by atoms with E-state index in [0.29, 0.717) is 6.54 Å². The quantitative estimate of drug-likeness (QED) is 0.347. The normalized spacial score (nSPS) is 13.1. The fraction of sp³-hybridized carbons (Fsp3) is 0.500. The van der Waals surface area contributed by atoms with Crippen molar-refractivity contribution >= 4 is 15.9 Å². The molecule has 0 aliphatic carbocycles. The van der Waals surface area contributed by atoms with Crippen molar-refractivity contribution in [3.8, 4) is 0 Å². The molecular weight excluding hydrogens is 290 g/mol. The minimum absolute atomic E-state index is 0.0169. The molecule has 3 N–H and O–H groups in total. The summed E-state index contributed by atoms with van der Waals surface area (Å²) in [6.07, 6.45) is 0.189. The van der Waals surface area contributed by atoms with E-state index >= 15 is 0 Å². The number of aryl methyl sites for hydroxylation is 1. The lowest BCUT2D eigenvalue weighted by molar-refractivity contribution is 0.314. The first-order valence-corrected chi connectivity index (χ1v) is 8.24. The highest BCUT2D eigenvalue weighted by Gasteiger charge is 2.25. The van der Waals surface area contributed by atoms with Crippen molar-refractivity contribution in [3.05, 3.63) is 29.8 Å². The summed E-state index contributed by atoms with van der Waals surface area (Å²) in [6.45, 7) is 6.31. The molecule has 0 bridgehead atoms. The van der Waals surface area contributed by atoms with Gasteiger partial charge < -0.3 is 10.9 Å². The lowest BCUT2D eigenvalue weighted by atomic mass is 10.2. The van der Waals surface area contributed by atoms with Gasteiger partial charge in [0.1, 0.15) is 5.84 Å². The van der Waals surface area contributed by atoms with Gasteiger partial charge in [0.25, 0.3) is 0 Å².